The molecule has 3 rings (SSSR count). The van der Waals surface area contributed by atoms with Gasteiger partial charge in [-0.15, -0.1) is 0 Å². The van der Waals surface area contributed by atoms with Crippen LogP contribution in [0.3, 0.4) is 0 Å². The Morgan fingerprint density at radius 1 is 1.32 bits per heavy atom. The van der Waals surface area contributed by atoms with E-state index < -0.39 is 0 Å². The highest BCUT2D eigenvalue weighted by Gasteiger charge is 2.14. The maximum atomic E-state index is 12.2. The Morgan fingerprint density at radius 2 is 2.21 bits per heavy atom. The van der Waals surface area contributed by atoms with Crippen molar-refractivity contribution in [2.45, 2.75) is 0 Å². The highest BCUT2D eigenvalue weighted by Crippen LogP contribution is 2.21. The quantitative estimate of drug-likeness (QED) is 0.763. The van der Waals surface area contributed by atoms with E-state index in [9.17, 15) is 4.79 Å². The number of pyridine rings is 1. The van der Waals surface area contributed by atoms with Gasteiger partial charge in [0, 0.05) is 16.1 Å². The molecule has 1 amide bonds. The SMILES string of the molecule is O=C(Nc1cccnc1)c1n[nH]c2ccc(Br)cc12. The Bertz CT molecular complexity index is 739. The van der Waals surface area contributed by atoms with Crippen LogP contribution in [0.2, 0.25) is 0 Å². The number of H-pyrrole nitrogens is 1. The summed E-state index contributed by atoms with van der Waals surface area (Å²) in [4.78, 5) is 16.1. The van der Waals surface area contributed by atoms with Gasteiger partial charge in [0.05, 0.1) is 17.4 Å². The normalized spacial score (nSPS) is 10.6. The Balaban J connectivity index is 1.96. The number of carbonyl (C=O) groups is 1. The molecule has 0 aliphatic rings. The summed E-state index contributed by atoms with van der Waals surface area (Å²) >= 11 is 3.38. The van der Waals surface area contributed by atoms with Crippen LogP contribution in [0.4, 0.5) is 5.69 Å². The minimum atomic E-state index is -0.266. The Morgan fingerprint density at radius 3 is 3.00 bits per heavy atom. The second-order valence-corrected chi connectivity index (χ2v) is 4.87. The first-order chi connectivity index (χ1) is 9.24. The first-order valence-corrected chi connectivity index (χ1v) is 6.38. The number of amides is 1. The van der Waals surface area contributed by atoms with Crippen LogP contribution in [-0.4, -0.2) is 21.1 Å². The van der Waals surface area contributed by atoms with Gasteiger partial charge in [-0.1, -0.05) is 15.9 Å². The van der Waals surface area contributed by atoms with E-state index in [1.807, 2.05) is 18.2 Å². The minimum absolute atomic E-state index is 0.266. The maximum absolute atomic E-state index is 12.2. The van der Waals surface area contributed by atoms with Crippen molar-refractivity contribution in [3.63, 3.8) is 0 Å². The molecule has 0 aliphatic heterocycles. The van der Waals surface area contributed by atoms with Gasteiger partial charge in [0.25, 0.3) is 5.91 Å². The number of fused-ring (bicyclic) bond motifs is 1. The van der Waals surface area contributed by atoms with Gasteiger partial charge in [-0.05, 0) is 30.3 Å². The van der Waals surface area contributed by atoms with Crippen LogP contribution >= 0.6 is 15.9 Å². The maximum Gasteiger partial charge on any atom is 0.276 e. The van der Waals surface area contributed by atoms with Crippen LogP contribution in [0.15, 0.2) is 47.2 Å². The van der Waals surface area contributed by atoms with Crippen molar-refractivity contribution >= 4 is 38.4 Å². The van der Waals surface area contributed by atoms with E-state index in [4.69, 9.17) is 0 Å². The van der Waals surface area contributed by atoms with Crippen LogP contribution in [-0.2, 0) is 0 Å². The number of anilines is 1. The lowest BCUT2D eigenvalue weighted by Gasteiger charge is -2.02. The van der Waals surface area contributed by atoms with Crippen molar-refractivity contribution in [1.82, 2.24) is 15.2 Å². The zero-order valence-corrected chi connectivity index (χ0v) is 11.3. The molecule has 0 aliphatic carbocycles. The van der Waals surface area contributed by atoms with Crippen molar-refractivity contribution in [3.8, 4) is 0 Å². The third-order valence-corrected chi connectivity index (χ3v) is 3.15. The molecule has 0 fully saturated rings. The van der Waals surface area contributed by atoms with Gasteiger partial charge < -0.3 is 5.32 Å². The summed E-state index contributed by atoms with van der Waals surface area (Å²) in [5.41, 5.74) is 1.82. The summed E-state index contributed by atoms with van der Waals surface area (Å²) in [6.45, 7) is 0. The van der Waals surface area contributed by atoms with Crippen molar-refractivity contribution in [2.24, 2.45) is 0 Å². The molecule has 0 bridgehead atoms. The Kier molecular flexibility index (Phi) is 3.00. The number of carbonyl (C=O) groups excluding carboxylic acids is 1. The van der Waals surface area contributed by atoms with E-state index >= 15 is 0 Å². The molecule has 1 aromatic carbocycles. The number of hydrogen-bond acceptors (Lipinski definition) is 3. The van der Waals surface area contributed by atoms with E-state index in [-0.39, 0.29) is 5.91 Å². The fraction of sp³-hybridized carbons (Fsp3) is 0. The lowest BCUT2D eigenvalue weighted by molar-refractivity contribution is 0.102. The summed E-state index contributed by atoms with van der Waals surface area (Å²) in [6.07, 6.45) is 3.24. The predicted molar refractivity (Wildman–Crippen MR) is 76.0 cm³/mol. The largest absolute Gasteiger partial charge is 0.319 e. The summed E-state index contributed by atoms with van der Waals surface area (Å²) in [5.74, 6) is -0.266. The molecule has 0 spiro atoms. The minimum Gasteiger partial charge on any atom is -0.319 e. The summed E-state index contributed by atoms with van der Waals surface area (Å²) in [7, 11) is 0. The fourth-order valence-corrected chi connectivity index (χ4v) is 2.15. The highest BCUT2D eigenvalue weighted by molar-refractivity contribution is 9.10. The van der Waals surface area contributed by atoms with Gasteiger partial charge in [0.1, 0.15) is 0 Å². The van der Waals surface area contributed by atoms with E-state index in [0.29, 0.717) is 11.4 Å². The average Bonchev–Trinajstić information content (AvgIpc) is 2.82. The molecule has 0 saturated heterocycles. The molecule has 0 unspecified atom stereocenters. The number of nitrogens with one attached hydrogen (secondary N) is 2. The van der Waals surface area contributed by atoms with Crippen molar-refractivity contribution in [1.29, 1.82) is 0 Å². The standard InChI is InChI=1S/C13H9BrN4O/c14-8-3-4-11-10(6-8)12(18-17-11)13(19)16-9-2-1-5-15-7-9/h1-7H,(H,16,19)(H,17,18). The predicted octanol–water partition coefficient (Wildman–Crippen LogP) is 2.97. The lowest BCUT2D eigenvalue weighted by Crippen LogP contribution is -2.12. The number of halogens is 1. The Hall–Kier alpha value is -2.21. The molecule has 5 nitrogen and oxygen atoms in total. The van der Waals surface area contributed by atoms with E-state index in [2.05, 4.69) is 36.4 Å². The van der Waals surface area contributed by atoms with E-state index in [1.54, 1.807) is 24.5 Å². The molecule has 2 heterocycles. The number of aromatic amines is 1. The Labute approximate surface area is 117 Å². The zero-order valence-electron chi connectivity index (χ0n) is 9.72. The van der Waals surface area contributed by atoms with Crippen molar-refractivity contribution in [2.75, 3.05) is 5.32 Å². The second-order valence-electron chi connectivity index (χ2n) is 3.96. The average molecular weight is 317 g/mol. The molecule has 3 aromatic rings. The molecule has 6 heteroatoms. The first kappa shape index (κ1) is 11.9. The molecule has 0 saturated carbocycles. The summed E-state index contributed by atoms with van der Waals surface area (Å²) < 4.78 is 0.900. The van der Waals surface area contributed by atoms with Gasteiger partial charge in [0.15, 0.2) is 5.69 Å². The van der Waals surface area contributed by atoms with Gasteiger partial charge in [0.2, 0.25) is 0 Å². The zero-order chi connectivity index (χ0) is 13.2. The molecule has 2 N–H and O–H groups in total. The van der Waals surface area contributed by atoms with Crippen LogP contribution < -0.4 is 5.32 Å². The molecule has 0 atom stereocenters. The molecule has 2 aromatic heterocycles. The van der Waals surface area contributed by atoms with E-state index in [1.165, 1.54) is 0 Å². The number of benzene rings is 1. The number of hydrogen-bond donors (Lipinski definition) is 2. The third kappa shape index (κ3) is 2.34. The topological polar surface area (TPSA) is 70.7 Å². The number of aromatic nitrogens is 3. The molecule has 94 valence electrons. The third-order valence-electron chi connectivity index (χ3n) is 2.66. The number of nitrogens with zero attached hydrogens (tertiary/aromatic N) is 2. The van der Waals surface area contributed by atoms with Crippen molar-refractivity contribution < 1.29 is 4.79 Å². The molecular formula is C13H9BrN4O. The molecule has 0 radical (unpaired) electrons. The van der Waals surface area contributed by atoms with Crippen LogP contribution in [0.5, 0.6) is 0 Å². The highest BCUT2D eigenvalue weighted by atomic mass is 79.9. The monoisotopic (exact) mass is 316 g/mol. The second kappa shape index (κ2) is 4.81. The van der Waals surface area contributed by atoms with Gasteiger partial charge >= 0.3 is 0 Å². The summed E-state index contributed by atoms with van der Waals surface area (Å²) in [6, 6.07) is 9.15. The molecular weight excluding hydrogens is 308 g/mol. The fourth-order valence-electron chi connectivity index (χ4n) is 1.79. The smallest absolute Gasteiger partial charge is 0.276 e. The summed E-state index contributed by atoms with van der Waals surface area (Å²) in [5, 5.41) is 10.4. The van der Waals surface area contributed by atoms with Gasteiger partial charge in [-0.3, -0.25) is 14.9 Å². The van der Waals surface area contributed by atoms with Crippen LogP contribution in [0, 0.1) is 0 Å². The molecule has 19 heavy (non-hydrogen) atoms. The van der Waals surface area contributed by atoms with Crippen LogP contribution in [0.25, 0.3) is 10.9 Å². The lowest BCUT2D eigenvalue weighted by atomic mass is 10.2. The van der Waals surface area contributed by atoms with Gasteiger partial charge in [-0.25, -0.2) is 0 Å². The number of rotatable bonds is 2. The van der Waals surface area contributed by atoms with E-state index in [0.717, 1.165) is 15.4 Å². The van der Waals surface area contributed by atoms with Gasteiger partial charge in [-0.2, -0.15) is 5.10 Å². The van der Waals surface area contributed by atoms with Crippen molar-refractivity contribution in [3.05, 3.63) is 52.9 Å². The first-order valence-electron chi connectivity index (χ1n) is 5.59. The van der Waals surface area contributed by atoms with Crippen LogP contribution in [0.1, 0.15) is 10.5 Å².